The van der Waals surface area contributed by atoms with Crippen molar-refractivity contribution in [3.05, 3.63) is 99.0 Å². The molecule has 0 saturated heterocycles. The first-order valence-corrected chi connectivity index (χ1v) is 13.8. The van der Waals surface area contributed by atoms with Crippen LogP contribution in [0.2, 0.25) is 0 Å². The molecule has 0 fully saturated rings. The molecule has 176 valence electrons. The molecule has 0 aliphatic rings. The molecule has 3 nitrogen and oxygen atoms in total. The molecule has 0 amide bonds. The lowest BCUT2D eigenvalue weighted by Crippen LogP contribution is -2.31. The molecule has 0 spiro atoms. The van der Waals surface area contributed by atoms with Gasteiger partial charge in [-0.25, -0.2) is 8.42 Å². The van der Waals surface area contributed by atoms with Gasteiger partial charge >= 0.3 is 0 Å². The Balaban J connectivity index is 2.20. The Labute approximate surface area is 207 Å². The van der Waals surface area contributed by atoms with Crippen molar-refractivity contribution in [2.24, 2.45) is 0 Å². The molecule has 33 heavy (non-hydrogen) atoms. The average Bonchev–Trinajstić information content (AvgIpc) is 2.77. The monoisotopic (exact) mass is 527 g/mol. The van der Waals surface area contributed by atoms with Gasteiger partial charge in [-0.1, -0.05) is 112 Å². The van der Waals surface area contributed by atoms with E-state index in [1.165, 1.54) is 5.56 Å². The largest absolute Gasteiger partial charge is 0.242 e. The summed E-state index contributed by atoms with van der Waals surface area (Å²) >= 11 is 3.48. The van der Waals surface area contributed by atoms with Crippen LogP contribution in [0.5, 0.6) is 0 Å². The van der Waals surface area contributed by atoms with Crippen LogP contribution in [0.3, 0.4) is 0 Å². The lowest BCUT2D eigenvalue weighted by atomic mass is 9.89. The molecule has 0 aliphatic heterocycles. The maximum absolute atomic E-state index is 14.1. The number of nitrogens with one attached hydrogen (secondary N) is 1. The van der Waals surface area contributed by atoms with E-state index >= 15 is 0 Å². The van der Waals surface area contributed by atoms with Crippen molar-refractivity contribution < 1.29 is 8.42 Å². The molecule has 0 aromatic heterocycles. The summed E-state index contributed by atoms with van der Waals surface area (Å²) in [6.45, 7) is 12.5. The van der Waals surface area contributed by atoms with Gasteiger partial charge in [0, 0.05) is 4.47 Å². The molecule has 1 unspecified atom stereocenters. The predicted octanol–water partition coefficient (Wildman–Crippen LogP) is 7.89. The van der Waals surface area contributed by atoms with Gasteiger partial charge in [0.2, 0.25) is 10.0 Å². The molecule has 3 rings (SSSR count). The van der Waals surface area contributed by atoms with E-state index in [4.69, 9.17) is 0 Å². The van der Waals surface area contributed by atoms with E-state index < -0.39 is 16.1 Å². The Morgan fingerprint density at radius 2 is 1.15 bits per heavy atom. The number of rotatable bonds is 8. The number of hydrogen-bond donors (Lipinski definition) is 1. The number of benzene rings is 3. The quantitative estimate of drug-likeness (QED) is 0.323. The van der Waals surface area contributed by atoms with Crippen molar-refractivity contribution in [1.82, 2.24) is 4.72 Å². The van der Waals surface area contributed by atoms with Crippen LogP contribution >= 0.6 is 15.9 Å². The molecule has 5 heteroatoms. The number of hydrogen-bond acceptors (Lipinski definition) is 2. The minimum Gasteiger partial charge on any atom is -0.207 e. The highest BCUT2D eigenvalue weighted by atomic mass is 79.9. The fraction of sp³-hybridized carbons (Fsp3) is 0.357. The number of halogens is 1. The molecule has 1 N–H and O–H groups in total. The van der Waals surface area contributed by atoms with Gasteiger partial charge in [0.25, 0.3) is 0 Å². The van der Waals surface area contributed by atoms with Gasteiger partial charge in [0.1, 0.15) is 0 Å². The van der Waals surface area contributed by atoms with E-state index in [-0.39, 0.29) is 11.8 Å². The first-order chi connectivity index (χ1) is 15.5. The van der Waals surface area contributed by atoms with Crippen molar-refractivity contribution in [3.8, 4) is 0 Å². The van der Waals surface area contributed by atoms with Gasteiger partial charge in [-0.2, -0.15) is 4.72 Å². The van der Waals surface area contributed by atoms with Gasteiger partial charge in [-0.3, -0.25) is 0 Å². The molecule has 3 aromatic rings. The van der Waals surface area contributed by atoms with E-state index in [0.717, 1.165) is 26.7 Å². The van der Waals surface area contributed by atoms with Crippen LogP contribution in [0.15, 0.2) is 76.1 Å². The maximum atomic E-state index is 14.1. The van der Waals surface area contributed by atoms with Crippen molar-refractivity contribution in [1.29, 1.82) is 0 Å². The second-order valence-electron chi connectivity index (χ2n) is 9.51. The highest BCUT2D eigenvalue weighted by molar-refractivity contribution is 9.10. The van der Waals surface area contributed by atoms with E-state index in [2.05, 4.69) is 74.3 Å². The summed E-state index contributed by atoms with van der Waals surface area (Å²) in [6.07, 6.45) is 0. The molecule has 3 aromatic carbocycles. The zero-order valence-corrected chi connectivity index (χ0v) is 22.7. The van der Waals surface area contributed by atoms with Gasteiger partial charge < -0.3 is 0 Å². The van der Waals surface area contributed by atoms with E-state index in [1.54, 1.807) is 0 Å². The van der Waals surface area contributed by atoms with Crippen LogP contribution in [0.25, 0.3) is 0 Å². The summed E-state index contributed by atoms with van der Waals surface area (Å²) in [5, 5.41) is 0. The van der Waals surface area contributed by atoms with Crippen LogP contribution in [0.4, 0.5) is 0 Å². The summed E-state index contributed by atoms with van der Waals surface area (Å²) in [7, 11) is -3.82. The second kappa shape index (κ2) is 10.5. The smallest absolute Gasteiger partial charge is 0.207 e. The van der Waals surface area contributed by atoms with Crippen LogP contribution < -0.4 is 4.72 Å². The van der Waals surface area contributed by atoms with E-state index in [0.29, 0.717) is 10.8 Å². The minimum absolute atomic E-state index is 0.0793. The fourth-order valence-corrected chi connectivity index (χ4v) is 6.22. The van der Waals surface area contributed by atoms with Crippen LogP contribution in [-0.4, -0.2) is 8.42 Å². The van der Waals surface area contributed by atoms with E-state index in [1.807, 2.05) is 54.6 Å². The molecular formula is C28H34BrNO2S. The van der Waals surface area contributed by atoms with Gasteiger partial charge in [0.05, 0.1) is 10.9 Å². The third-order valence-corrected chi connectivity index (χ3v) is 8.04. The van der Waals surface area contributed by atoms with E-state index in [9.17, 15) is 8.42 Å². The van der Waals surface area contributed by atoms with Gasteiger partial charge in [0.15, 0.2) is 0 Å². The van der Waals surface area contributed by atoms with Crippen LogP contribution in [0.1, 0.15) is 93.2 Å². The Bertz CT molecular complexity index is 1160. The SMILES string of the molecule is CC(C)c1cc(C(C)C)c(S(=O)(=O)NC(c2ccccc2)c2ccc(Br)cc2)c(C(C)C)c1. The third-order valence-electron chi connectivity index (χ3n) is 5.96. The summed E-state index contributed by atoms with van der Waals surface area (Å²) < 4.78 is 32.1. The topological polar surface area (TPSA) is 46.2 Å². The molecule has 1 atom stereocenters. The van der Waals surface area contributed by atoms with Crippen molar-refractivity contribution in [2.75, 3.05) is 0 Å². The Kier molecular flexibility index (Phi) is 8.20. The van der Waals surface area contributed by atoms with Crippen LogP contribution in [0, 0.1) is 0 Å². The highest BCUT2D eigenvalue weighted by Gasteiger charge is 2.30. The lowest BCUT2D eigenvalue weighted by molar-refractivity contribution is 0.567. The maximum Gasteiger partial charge on any atom is 0.242 e. The molecule has 0 heterocycles. The Morgan fingerprint density at radius 3 is 1.61 bits per heavy atom. The average molecular weight is 529 g/mol. The second-order valence-corrected chi connectivity index (χ2v) is 12.1. The molecule has 0 aliphatic carbocycles. The number of sulfonamides is 1. The molecule has 0 radical (unpaired) electrons. The van der Waals surface area contributed by atoms with Crippen molar-refractivity contribution in [2.45, 2.75) is 70.2 Å². The Hall–Kier alpha value is -1.95. The van der Waals surface area contributed by atoms with Gasteiger partial charge in [-0.15, -0.1) is 0 Å². The first-order valence-electron chi connectivity index (χ1n) is 11.5. The first kappa shape index (κ1) is 25.7. The minimum atomic E-state index is -3.82. The third kappa shape index (κ3) is 5.95. The summed E-state index contributed by atoms with van der Waals surface area (Å²) in [5.41, 5.74) is 4.72. The zero-order chi connectivity index (χ0) is 24.3. The predicted molar refractivity (Wildman–Crippen MR) is 141 cm³/mol. The van der Waals surface area contributed by atoms with Gasteiger partial charge in [-0.05, 0) is 57.7 Å². The molecular weight excluding hydrogens is 494 g/mol. The Morgan fingerprint density at radius 1 is 0.667 bits per heavy atom. The van der Waals surface area contributed by atoms with Crippen LogP contribution in [-0.2, 0) is 10.0 Å². The van der Waals surface area contributed by atoms with Crippen molar-refractivity contribution >= 4 is 26.0 Å². The molecule has 0 saturated carbocycles. The fourth-order valence-electron chi connectivity index (χ4n) is 4.04. The normalized spacial score (nSPS) is 13.2. The summed E-state index contributed by atoms with van der Waals surface area (Å²) in [4.78, 5) is 0.426. The van der Waals surface area contributed by atoms with Crippen molar-refractivity contribution in [3.63, 3.8) is 0 Å². The lowest BCUT2D eigenvalue weighted by Gasteiger charge is -2.26. The summed E-state index contributed by atoms with van der Waals surface area (Å²) in [6, 6.07) is 21.2. The highest BCUT2D eigenvalue weighted by Crippen LogP contribution is 2.36. The zero-order valence-electron chi connectivity index (χ0n) is 20.3. The standard InChI is InChI=1S/C28H34BrNO2S/c1-18(2)23-16-25(19(3)4)28(26(17-23)20(5)6)33(31,32)30-27(21-10-8-7-9-11-21)22-12-14-24(29)15-13-22/h7-20,27,30H,1-6H3. The molecule has 0 bridgehead atoms. The summed E-state index contributed by atoms with van der Waals surface area (Å²) in [5.74, 6) is 0.482.